The monoisotopic (exact) mass is 502 g/mol. The van der Waals surface area contributed by atoms with Crippen molar-refractivity contribution in [2.75, 3.05) is 31.5 Å². The van der Waals surface area contributed by atoms with Gasteiger partial charge in [-0.2, -0.15) is 12.7 Å². The minimum Gasteiger partial charge on any atom is -0.354 e. The molecule has 0 aliphatic carbocycles. The van der Waals surface area contributed by atoms with E-state index in [-0.39, 0.29) is 12.5 Å². The second kappa shape index (κ2) is 12.7. The maximum Gasteiger partial charge on any atom is 0.304 e. The van der Waals surface area contributed by atoms with Gasteiger partial charge in [-0.1, -0.05) is 56.3 Å². The van der Waals surface area contributed by atoms with E-state index in [0.717, 1.165) is 31.7 Å². The molecule has 1 N–H and O–H groups in total. The van der Waals surface area contributed by atoms with E-state index in [9.17, 15) is 18.0 Å². The molecule has 0 heterocycles. The van der Waals surface area contributed by atoms with Gasteiger partial charge in [-0.25, -0.2) is 4.31 Å². The van der Waals surface area contributed by atoms with Gasteiger partial charge in [0.05, 0.1) is 5.69 Å². The highest BCUT2D eigenvalue weighted by Crippen LogP contribution is 2.26. The summed E-state index contributed by atoms with van der Waals surface area (Å²) in [4.78, 5) is 28.3. The third-order valence-corrected chi connectivity index (χ3v) is 7.59. The molecule has 0 unspecified atom stereocenters. The lowest BCUT2D eigenvalue weighted by molar-refractivity contribution is -0.140. The number of rotatable bonds is 12. The normalized spacial score (nSPS) is 12.3. The van der Waals surface area contributed by atoms with Crippen molar-refractivity contribution in [2.24, 2.45) is 0 Å². The Hall–Kier alpha value is -2.91. The second-order valence-corrected chi connectivity index (χ2v) is 10.9. The van der Waals surface area contributed by atoms with E-state index in [1.807, 2.05) is 70.2 Å². The van der Waals surface area contributed by atoms with Crippen molar-refractivity contribution >= 4 is 27.7 Å². The highest BCUT2D eigenvalue weighted by atomic mass is 32.2. The molecular formula is C26H38N4O4S. The van der Waals surface area contributed by atoms with Crippen LogP contribution in [0.1, 0.15) is 43.4 Å². The van der Waals surface area contributed by atoms with Crippen molar-refractivity contribution < 1.29 is 18.0 Å². The lowest BCUT2D eigenvalue weighted by atomic mass is 10.1. The van der Waals surface area contributed by atoms with Gasteiger partial charge in [0, 0.05) is 27.2 Å². The summed E-state index contributed by atoms with van der Waals surface area (Å²) in [6.07, 6.45) is 1.17. The van der Waals surface area contributed by atoms with Crippen LogP contribution in [0.3, 0.4) is 0 Å². The zero-order valence-corrected chi connectivity index (χ0v) is 22.4. The molecule has 0 bridgehead atoms. The van der Waals surface area contributed by atoms with E-state index in [2.05, 4.69) is 5.32 Å². The first-order chi connectivity index (χ1) is 16.5. The maximum absolute atomic E-state index is 13.8. The van der Waals surface area contributed by atoms with E-state index in [1.54, 1.807) is 6.07 Å². The summed E-state index contributed by atoms with van der Waals surface area (Å²) in [5, 5.41) is 2.88. The summed E-state index contributed by atoms with van der Waals surface area (Å²) in [5.41, 5.74) is 2.91. The first kappa shape index (κ1) is 28.3. The molecule has 9 heteroatoms. The quantitative estimate of drug-likeness (QED) is 0.482. The molecular weight excluding hydrogens is 464 g/mol. The number of carbonyl (C=O) groups excluding carboxylic acids is 2. The molecule has 2 aromatic carbocycles. The topological polar surface area (TPSA) is 90.0 Å². The second-order valence-electron chi connectivity index (χ2n) is 8.81. The van der Waals surface area contributed by atoms with Crippen molar-refractivity contribution in [2.45, 2.75) is 53.1 Å². The summed E-state index contributed by atoms with van der Waals surface area (Å²) < 4.78 is 28.9. The van der Waals surface area contributed by atoms with Crippen LogP contribution in [0.15, 0.2) is 48.5 Å². The highest BCUT2D eigenvalue weighted by molar-refractivity contribution is 7.90. The number of hydrogen-bond donors (Lipinski definition) is 1. The van der Waals surface area contributed by atoms with Crippen molar-refractivity contribution in [3.05, 3.63) is 65.2 Å². The standard InChI is InChI=1S/C26H38N4O4S/c1-7-16-27-26(32)23(8-2)29(18-22-12-10-9-11-13-22)25(31)19-30(35(33,34)28(5)6)24-17-20(3)14-15-21(24)4/h9-15,17,23H,7-8,16,18-19H2,1-6H3,(H,27,32)/t23-/m1/s1. The fourth-order valence-electron chi connectivity index (χ4n) is 3.76. The molecule has 0 fully saturated rings. The Morgan fingerprint density at radius 1 is 1.00 bits per heavy atom. The van der Waals surface area contributed by atoms with Gasteiger partial charge in [-0.3, -0.25) is 9.59 Å². The van der Waals surface area contributed by atoms with Crippen molar-refractivity contribution in [1.82, 2.24) is 14.5 Å². The fraction of sp³-hybridized carbons (Fsp3) is 0.462. The Labute approximate surface area is 210 Å². The Balaban J connectivity index is 2.51. The third kappa shape index (κ3) is 7.29. The number of nitrogens with one attached hydrogen (secondary N) is 1. The molecule has 192 valence electrons. The molecule has 2 aromatic rings. The van der Waals surface area contributed by atoms with E-state index in [0.29, 0.717) is 18.7 Å². The number of benzene rings is 2. The summed E-state index contributed by atoms with van der Waals surface area (Å²) in [5.74, 6) is -0.689. The van der Waals surface area contributed by atoms with Gasteiger partial charge >= 0.3 is 10.2 Å². The number of aryl methyl sites for hydroxylation is 2. The van der Waals surface area contributed by atoms with Crippen LogP contribution in [0.25, 0.3) is 0 Å². The Morgan fingerprint density at radius 3 is 2.23 bits per heavy atom. The Morgan fingerprint density at radius 2 is 1.66 bits per heavy atom. The van der Waals surface area contributed by atoms with Gasteiger partial charge in [0.25, 0.3) is 0 Å². The van der Waals surface area contributed by atoms with Crippen LogP contribution in [0, 0.1) is 13.8 Å². The van der Waals surface area contributed by atoms with E-state index in [1.165, 1.54) is 19.0 Å². The minimum atomic E-state index is -3.98. The van der Waals surface area contributed by atoms with Gasteiger partial charge in [0.2, 0.25) is 11.8 Å². The number of nitrogens with zero attached hydrogens (tertiary/aromatic N) is 3. The van der Waals surface area contributed by atoms with Crippen molar-refractivity contribution in [3.63, 3.8) is 0 Å². The van der Waals surface area contributed by atoms with Crippen molar-refractivity contribution in [3.8, 4) is 0 Å². The summed E-state index contributed by atoms with van der Waals surface area (Å²) >= 11 is 0. The van der Waals surface area contributed by atoms with Gasteiger partial charge in [0.15, 0.2) is 0 Å². The molecule has 8 nitrogen and oxygen atoms in total. The van der Waals surface area contributed by atoms with E-state index < -0.39 is 28.7 Å². The molecule has 1 atom stereocenters. The molecule has 35 heavy (non-hydrogen) atoms. The number of carbonyl (C=O) groups is 2. The fourth-order valence-corrected chi connectivity index (χ4v) is 4.87. The Bertz CT molecular complexity index is 1100. The van der Waals surface area contributed by atoms with Crippen LogP contribution >= 0.6 is 0 Å². The summed E-state index contributed by atoms with van der Waals surface area (Å²) in [7, 11) is -1.11. The lowest BCUT2D eigenvalue weighted by Crippen LogP contribution is -2.53. The van der Waals surface area contributed by atoms with Crippen LogP contribution in [0.4, 0.5) is 5.69 Å². The molecule has 0 aromatic heterocycles. The van der Waals surface area contributed by atoms with Crippen molar-refractivity contribution in [1.29, 1.82) is 0 Å². The van der Waals surface area contributed by atoms with Gasteiger partial charge in [0.1, 0.15) is 12.6 Å². The molecule has 0 spiro atoms. The Kier molecular flexibility index (Phi) is 10.3. The van der Waals surface area contributed by atoms with Crippen LogP contribution < -0.4 is 9.62 Å². The van der Waals surface area contributed by atoms with Crippen LogP contribution in [-0.4, -0.2) is 62.7 Å². The highest BCUT2D eigenvalue weighted by Gasteiger charge is 2.34. The van der Waals surface area contributed by atoms with E-state index in [4.69, 9.17) is 0 Å². The predicted molar refractivity (Wildman–Crippen MR) is 140 cm³/mol. The molecule has 2 rings (SSSR count). The van der Waals surface area contributed by atoms with Crippen LogP contribution in [0.5, 0.6) is 0 Å². The molecule has 0 aliphatic heterocycles. The zero-order chi connectivity index (χ0) is 26.2. The minimum absolute atomic E-state index is 0.195. The third-order valence-electron chi connectivity index (χ3n) is 5.78. The maximum atomic E-state index is 13.8. The van der Waals surface area contributed by atoms with Crippen LogP contribution in [-0.2, 0) is 26.3 Å². The average molecular weight is 503 g/mol. The largest absolute Gasteiger partial charge is 0.354 e. The number of hydrogen-bond acceptors (Lipinski definition) is 4. The zero-order valence-electron chi connectivity index (χ0n) is 21.6. The SMILES string of the molecule is CCCNC(=O)[C@@H](CC)N(Cc1ccccc1)C(=O)CN(c1cc(C)ccc1C)S(=O)(=O)N(C)C. The molecule has 0 saturated heterocycles. The van der Waals surface area contributed by atoms with Crippen LogP contribution in [0.2, 0.25) is 0 Å². The molecule has 0 aliphatic rings. The van der Waals surface area contributed by atoms with Gasteiger partial charge < -0.3 is 10.2 Å². The average Bonchev–Trinajstić information content (AvgIpc) is 2.83. The van der Waals surface area contributed by atoms with E-state index >= 15 is 0 Å². The number of amides is 2. The predicted octanol–water partition coefficient (Wildman–Crippen LogP) is 3.25. The summed E-state index contributed by atoms with van der Waals surface area (Å²) in [6.45, 7) is 7.77. The smallest absolute Gasteiger partial charge is 0.304 e. The molecule has 2 amide bonds. The first-order valence-corrected chi connectivity index (χ1v) is 13.3. The molecule has 0 saturated carbocycles. The summed E-state index contributed by atoms with van der Waals surface area (Å²) in [6, 6.07) is 14.2. The van der Waals surface area contributed by atoms with Gasteiger partial charge in [-0.05, 0) is 49.4 Å². The van der Waals surface area contributed by atoms with Gasteiger partial charge in [-0.15, -0.1) is 0 Å². The lowest BCUT2D eigenvalue weighted by Gasteiger charge is -2.34. The number of anilines is 1. The molecule has 0 radical (unpaired) electrons. The first-order valence-electron chi connectivity index (χ1n) is 11.9.